The van der Waals surface area contributed by atoms with Gasteiger partial charge in [0, 0.05) is 17.5 Å². The number of aromatic nitrogens is 3. The van der Waals surface area contributed by atoms with Gasteiger partial charge in [-0.2, -0.15) is 26.3 Å². The van der Waals surface area contributed by atoms with E-state index in [0.29, 0.717) is 28.9 Å². The minimum atomic E-state index is -6.04. The molecule has 0 unspecified atom stereocenters. The molecule has 0 amide bonds. The molecule has 3 aromatic carbocycles. The molecule has 0 spiro atoms. The van der Waals surface area contributed by atoms with Gasteiger partial charge >= 0.3 is 12.4 Å². The van der Waals surface area contributed by atoms with Gasteiger partial charge in [0.25, 0.3) is 11.2 Å². The molecule has 5 aromatic rings. The van der Waals surface area contributed by atoms with E-state index in [0.717, 1.165) is 22.3 Å². The van der Waals surface area contributed by atoms with Crippen LogP contribution in [0, 0.1) is 0 Å². The molecule has 0 fully saturated rings. The van der Waals surface area contributed by atoms with Crippen molar-refractivity contribution in [2.24, 2.45) is 0 Å². The zero-order chi connectivity index (χ0) is 28.0. The molecule has 2 heterocycles. The number of aliphatic hydroxyl groups is 1. The summed E-state index contributed by atoms with van der Waals surface area (Å²) < 4.78 is 86.3. The van der Waals surface area contributed by atoms with E-state index >= 15 is 0 Å². The molecular weight excluding hydrogens is 528 g/mol. The van der Waals surface area contributed by atoms with Crippen LogP contribution >= 0.6 is 0 Å². The molecule has 5 rings (SSSR count). The maximum absolute atomic E-state index is 13.7. The number of rotatable bonds is 5. The molecule has 0 aliphatic heterocycles. The fraction of sp³-hybridized carbons (Fsp3) is 0.148. The first-order valence-electron chi connectivity index (χ1n) is 11.3. The normalized spacial score (nSPS) is 12.7. The first kappa shape index (κ1) is 26.2. The molecule has 2 aromatic heterocycles. The Morgan fingerprint density at radius 1 is 0.872 bits per heavy atom. The Morgan fingerprint density at radius 2 is 1.54 bits per heavy atom. The molecule has 1 N–H and O–H groups in total. The van der Waals surface area contributed by atoms with Crippen molar-refractivity contribution in [2.75, 3.05) is 0 Å². The second kappa shape index (κ2) is 9.38. The van der Waals surface area contributed by atoms with Crippen molar-refractivity contribution in [1.29, 1.82) is 0 Å². The maximum Gasteiger partial charge on any atom is 0.430 e. The summed E-state index contributed by atoms with van der Waals surface area (Å²) in [6.07, 6.45) is -9.36. The fourth-order valence-electron chi connectivity index (χ4n) is 4.25. The third-order valence-electron chi connectivity index (χ3n) is 6.23. The molecule has 0 aliphatic rings. The molecule has 39 heavy (non-hydrogen) atoms. The van der Waals surface area contributed by atoms with Crippen LogP contribution in [0.2, 0.25) is 0 Å². The highest BCUT2D eigenvalue weighted by molar-refractivity contribution is 5.83. The molecule has 0 saturated carbocycles. The second-order valence-electron chi connectivity index (χ2n) is 8.69. The van der Waals surface area contributed by atoms with E-state index < -0.39 is 29.1 Å². The molecule has 0 bridgehead atoms. The first-order valence-corrected chi connectivity index (χ1v) is 11.3. The fourth-order valence-corrected chi connectivity index (χ4v) is 4.25. The number of oxazole rings is 1. The van der Waals surface area contributed by atoms with Crippen LogP contribution in [0.5, 0.6) is 0 Å². The topological polar surface area (TPSA) is 81.2 Å². The Hall–Kier alpha value is -4.45. The predicted octanol–water partition coefficient (Wildman–Crippen LogP) is 5.94. The van der Waals surface area contributed by atoms with Gasteiger partial charge in [-0.3, -0.25) is 9.36 Å². The van der Waals surface area contributed by atoms with Gasteiger partial charge in [-0.1, -0.05) is 48.5 Å². The lowest BCUT2D eigenvalue weighted by atomic mass is 9.92. The van der Waals surface area contributed by atoms with Gasteiger partial charge in [-0.25, -0.2) is 9.97 Å². The number of benzene rings is 3. The molecule has 0 radical (unpaired) electrons. The lowest BCUT2D eigenvalue weighted by Gasteiger charge is -2.32. The predicted molar refractivity (Wildman–Crippen MR) is 128 cm³/mol. The summed E-state index contributed by atoms with van der Waals surface area (Å²) in [6.45, 7) is 0. The molecule has 0 saturated heterocycles. The Balaban J connectivity index is 1.70. The molecule has 12 heteroatoms. The smallest absolute Gasteiger partial charge is 0.430 e. The summed E-state index contributed by atoms with van der Waals surface area (Å²) in [5.41, 5.74) is -5.11. The Morgan fingerprint density at radius 3 is 2.13 bits per heavy atom. The standard InChI is InChI=1S/C27H17F6N3O3/c28-26(29,30)25(38,27(31,32)33)18-7-9-19(10-8-18)36-23(12-16-4-2-1-3-5-16)35-21-11-6-17(13-20(21)24(36)37)22-14-39-15-34-22/h1-11,13-15,38H,12H2. The number of nitrogens with zero attached hydrogens (tertiary/aromatic N) is 3. The van der Waals surface area contributed by atoms with Crippen LogP contribution in [0.15, 0.2) is 94.7 Å². The van der Waals surface area contributed by atoms with E-state index in [1.54, 1.807) is 42.5 Å². The van der Waals surface area contributed by atoms with Crippen LogP contribution in [0.3, 0.4) is 0 Å². The van der Waals surface area contributed by atoms with E-state index in [-0.39, 0.29) is 23.3 Å². The molecule has 0 aliphatic carbocycles. The first-order chi connectivity index (χ1) is 18.4. The van der Waals surface area contributed by atoms with Crippen molar-refractivity contribution in [2.45, 2.75) is 24.4 Å². The Bertz CT molecular complexity index is 1660. The van der Waals surface area contributed by atoms with Gasteiger partial charge in [0.1, 0.15) is 17.8 Å². The monoisotopic (exact) mass is 545 g/mol. The van der Waals surface area contributed by atoms with Crippen molar-refractivity contribution < 1.29 is 35.9 Å². The van der Waals surface area contributed by atoms with E-state index in [9.17, 15) is 36.2 Å². The van der Waals surface area contributed by atoms with Crippen LogP contribution in [0.25, 0.3) is 27.8 Å². The van der Waals surface area contributed by atoms with Crippen LogP contribution in [0.4, 0.5) is 26.3 Å². The lowest BCUT2D eigenvalue weighted by Crippen LogP contribution is -2.53. The molecule has 0 atom stereocenters. The van der Waals surface area contributed by atoms with Crippen LogP contribution in [-0.2, 0) is 12.0 Å². The van der Waals surface area contributed by atoms with Gasteiger partial charge in [-0.15, -0.1) is 0 Å². The molecule has 6 nitrogen and oxygen atoms in total. The zero-order valence-electron chi connectivity index (χ0n) is 19.7. The quantitative estimate of drug-likeness (QED) is 0.277. The van der Waals surface area contributed by atoms with Crippen LogP contribution < -0.4 is 5.56 Å². The summed E-state index contributed by atoms with van der Waals surface area (Å²) in [5.74, 6) is 0.197. The van der Waals surface area contributed by atoms with Gasteiger partial charge in [-0.05, 0) is 29.8 Å². The number of hydrogen-bond acceptors (Lipinski definition) is 5. The average Bonchev–Trinajstić information content (AvgIpc) is 3.43. The van der Waals surface area contributed by atoms with Crippen LogP contribution in [0.1, 0.15) is 17.0 Å². The maximum atomic E-state index is 13.7. The summed E-state index contributed by atoms with van der Waals surface area (Å²) in [6, 6.07) is 16.5. The number of halogens is 6. The third kappa shape index (κ3) is 4.56. The minimum Gasteiger partial charge on any atom is -0.451 e. The SMILES string of the molecule is O=c1c2cc(-c3cocn3)ccc2nc(Cc2ccccc2)n1-c1ccc(C(O)(C(F)(F)F)C(F)(F)F)cc1. The van der Waals surface area contributed by atoms with Crippen molar-refractivity contribution >= 4 is 10.9 Å². The van der Waals surface area contributed by atoms with Gasteiger partial charge in [0.15, 0.2) is 6.39 Å². The largest absolute Gasteiger partial charge is 0.451 e. The highest BCUT2D eigenvalue weighted by atomic mass is 19.4. The van der Waals surface area contributed by atoms with Crippen molar-refractivity contribution in [3.63, 3.8) is 0 Å². The summed E-state index contributed by atoms with van der Waals surface area (Å²) in [4.78, 5) is 22.4. The summed E-state index contributed by atoms with van der Waals surface area (Å²) in [5, 5.41) is 9.88. The second-order valence-corrected chi connectivity index (χ2v) is 8.69. The van der Waals surface area contributed by atoms with Gasteiger partial charge in [0.2, 0.25) is 0 Å². The number of fused-ring (bicyclic) bond motifs is 1. The Kier molecular flexibility index (Phi) is 6.30. The number of alkyl halides is 6. The van der Waals surface area contributed by atoms with Gasteiger partial charge in [0.05, 0.1) is 16.6 Å². The van der Waals surface area contributed by atoms with E-state index in [4.69, 9.17) is 4.42 Å². The van der Waals surface area contributed by atoms with E-state index in [2.05, 4.69) is 9.97 Å². The van der Waals surface area contributed by atoms with Crippen molar-refractivity contribution in [1.82, 2.24) is 14.5 Å². The van der Waals surface area contributed by atoms with Crippen LogP contribution in [-0.4, -0.2) is 32.0 Å². The highest BCUT2D eigenvalue weighted by Gasteiger charge is 2.71. The van der Waals surface area contributed by atoms with Crippen molar-refractivity contribution in [3.05, 3.63) is 113 Å². The lowest BCUT2D eigenvalue weighted by molar-refractivity contribution is -0.376. The van der Waals surface area contributed by atoms with Crippen molar-refractivity contribution in [3.8, 4) is 16.9 Å². The molecule has 200 valence electrons. The average molecular weight is 545 g/mol. The van der Waals surface area contributed by atoms with E-state index in [1.165, 1.54) is 18.7 Å². The Labute approximate surface area is 215 Å². The minimum absolute atomic E-state index is 0.0392. The highest BCUT2D eigenvalue weighted by Crippen LogP contribution is 2.50. The van der Waals surface area contributed by atoms with E-state index in [1.807, 2.05) is 0 Å². The molecular formula is C27H17F6N3O3. The van der Waals surface area contributed by atoms with Gasteiger partial charge < -0.3 is 9.52 Å². The summed E-state index contributed by atoms with van der Waals surface area (Å²) in [7, 11) is 0. The zero-order valence-corrected chi connectivity index (χ0v) is 19.7. The number of hydrogen-bond donors (Lipinski definition) is 1. The summed E-state index contributed by atoms with van der Waals surface area (Å²) >= 11 is 0. The third-order valence-corrected chi connectivity index (χ3v) is 6.23.